The van der Waals surface area contributed by atoms with Gasteiger partial charge in [0.25, 0.3) is 0 Å². The van der Waals surface area contributed by atoms with E-state index in [0.717, 1.165) is 31.2 Å². The Hall–Kier alpha value is -0.890. The molecule has 1 fully saturated rings. The summed E-state index contributed by atoms with van der Waals surface area (Å²) >= 11 is 0. The molecule has 0 unspecified atom stereocenters. The normalized spacial score (nSPS) is 20.5. The lowest BCUT2D eigenvalue weighted by molar-refractivity contribution is -0.671. The second-order valence-electron chi connectivity index (χ2n) is 3.99. The molecular weight excluding hydrogens is 162 g/mol. The minimum Gasteiger partial charge on any atom is -0.385 e. The Morgan fingerprint density at radius 3 is 2.31 bits per heavy atom. The van der Waals surface area contributed by atoms with Crippen LogP contribution in [-0.4, -0.2) is 5.11 Å². The van der Waals surface area contributed by atoms with Gasteiger partial charge in [-0.3, -0.25) is 0 Å². The zero-order valence-electron chi connectivity index (χ0n) is 8.03. The first-order valence-corrected chi connectivity index (χ1v) is 4.89. The smallest absolute Gasteiger partial charge is 0.168 e. The highest BCUT2D eigenvalue weighted by atomic mass is 16.3. The van der Waals surface area contributed by atoms with Crippen molar-refractivity contribution in [3.63, 3.8) is 0 Å². The van der Waals surface area contributed by atoms with E-state index in [1.54, 1.807) is 0 Å². The molecule has 1 heterocycles. The van der Waals surface area contributed by atoms with E-state index in [2.05, 4.69) is 0 Å². The van der Waals surface area contributed by atoms with Crippen LogP contribution in [0.25, 0.3) is 0 Å². The number of aromatic nitrogens is 1. The Balaban J connectivity index is 2.29. The predicted molar refractivity (Wildman–Crippen MR) is 50.0 cm³/mol. The minimum atomic E-state index is -0.533. The van der Waals surface area contributed by atoms with Crippen molar-refractivity contribution in [2.45, 2.75) is 31.3 Å². The summed E-state index contributed by atoms with van der Waals surface area (Å²) < 4.78 is 1.99. The Kier molecular flexibility index (Phi) is 2.08. The zero-order valence-corrected chi connectivity index (χ0v) is 8.03. The van der Waals surface area contributed by atoms with Gasteiger partial charge in [0.2, 0.25) is 0 Å². The lowest BCUT2D eigenvalue weighted by atomic mass is 9.93. The first-order chi connectivity index (χ1) is 6.21. The Morgan fingerprint density at radius 2 is 1.77 bits per heavy atom. The number of pyridine rings is 1. The predicted octanol–water partition coefficient (Wildman–Crippen LogP) is 1.27. The molecule has 1 saturated carbocycles. The van der Waals surface area contributed by atoms with Crippen LogP contribution in [0.2, 0.25) is 0 Å². The molecule has 0 spiro atoms. The number of aliphatic hydroxyl groups is 1. The third kappa shape index (κ3) is 1.59. The van der Waals surface area contributed by atoms with Crippen LogP contribution in [0.1, 0.15) is 31.2 Å². The lowest BCUT2D eigenvalue weighted by Gasteiger charge is -2.21. The highest BCUT2D eigenvalue weighted by Crippen LogP contribution is 2.37. The largest absolute Gasteiger partial charge is 0.385 e. The Bertz CT molecular complexity index is 285. The summed E-state index contributed by atoms with van der Waals surface area (Å²) in [6, 6.07) is 4.04. The van der Waals surface area contributed by atoms with Gasteiger partial charge in [-0.1, -0.05) is 12.8 Å². The van der Waals surface area contributed by atoms with Crippen LogP contribution < -0.4 is 4.57 Å². The fourth-order valence-corrected chi connectivity index (χ4v) is 2.06. The Labute approximate surface area is 78.8 Å². The SMILES string of the molecule is C[n+]1ccc(C2(O)CCCC2)cc1. The summed E-state index contributed by atoms with van der Waals surface area (Å²) in [5.41, 5.74) is 0.539. The molecule has 0 radical (unpaired) electrons. The summed E-state index contributed by atoms with van der Waals surface area (Å²) in [7, 11) is 1.99. The van der Waals surface area contributed by atoms with Crippen LogP contribution in [-0.2, 0) is 12.6 Å². The number of hydrogen-bond donors (Lipinski definition) is 1. The fraction of sp³-hybridized carbons (Fsp3) is 0.545. The second-order valence-corrected chi connectivity index (χ2v) is 3.99. The lowest BCUT2D eigenvalue weighted by Crippen LogP contribution is -2.29. The summed E-state index contributed by atoms with van der Waals surface area (Å²) in [5.74, 6) is 0. The average molecular weight is 178 g/mol. The molecule has 13 heavy (non-hydrogen) atoms. The van der Waals surface area contributed by atoms with Gasteiger partial charge in [0, 0.05) is 12.1 Å². The molecule has 0 aromatic carbocycles. The highest BCUT2D eigenvalue weighted by molar-refractivity contribution is 5.18. The van der Waals surface area contributed by atoms with Gasteiger partial charge in [-0.05, 0) is 18.4 Å². The molecule has 1 aromatic heterocycles. The molecule has 0 atom stereocenters. The number of rotatable bonds is 1. The van der Waals surface area contributed by atoms with Gasteiger partial charge in [-0.2, -0.15) is 0 Å². The highest BCUT2D eigenvalue weighted by Gasteiger charge is 2.33. The molecule has 1 N–H and O–H groups in total. The van der Waals surface area contributed by atoms with Crippen molar-refractivity contribution < 1.29 is 9.67 Å². The van der Waals surface area contributed by atoms with Crippen molar-refractivity contribution in [3.8, 4) is 0 Å². The molecule has 0 amide bonds. The molecule has 1 aliphatic carbocycles. The van der Waals surface area contributed by atoms with Crippen LogP contribution in [0, 0.1) is 0 Å². The van der Waals surface area contributed by atoms with Crippen LogP contribution >= 0.6 is 0 Å². The van der Waals surface area contributed by atoms with Gasteiger partial charge in [0.15, 0.2) is 12.4 Å². The monoisotopic (exact) mass is 178 g/mol. The third-order valence-corrected chi connectivity index (χ3v) is 2.95. The molecule has 70 valence electrons. The molecule has 0 aliphatic heterocycles. The third-order valence-electron chi connectivity index (χ3n) is 2.95. The van der Waals surface area contributed by atoms with Crippen molar-refractivity contribution in [2.75, 3.05) is 0 Å². The summed E-state index contributed by atoms with van der Waals surface area (Å²) in [5, 5.41) is 10.2. The van der Waals surface area contributed by atoms with Gasteiger partial charge >= 0.3 is 0 Å². The van der Waals surface area contributed by atoms with E-state index in [0.29, 0.717) is 0 Å². The Morgan fingerprint density at radius 1 is 1.23 bits per heavy atom. The average Bonchev–Trinajstić information content (AvgIpc) is 2.54. The number of nitrogens with zero attached hydrogens (tertiary/aromatic N) is 1. The maximum atomic E-state index is 10.2. The van der Waals surface area contributed by atoms with E-state index >= 15 is 0 Å². The van der Waals surface area contributed by atoms with E-state index < -0.39 is 5.60 Å². The molecule has 2 heteroatoms. The van der Waals surface area contributed by atoms with Crippen LogP contribution in [0.3, 0.4) is 0 Å². The van der Waals surface area contributed by atoms with E-state index in [1.165, 1.54) is 0 Å². The van der Waals surface area contributed by atoms with E-state index in [4.69, 9.17) is 0 Å². The van der Waals surface area contributed by atoms with Crippen molar-refractivity contribution in [1.82, 2.24) is 0 Å². The zero-order chi connectivity index (χ0) is 9.31. The second kappa shape index (κ2) is 3.11. The van der Waals surface area contributed by atoms with Gasteiger partial charge in [0.05, 0.1) is 5.60 Å². The molecule has 0 bridgehead atoms. The van der Waals surface area contributed by atoms with E-state index in [9.17, 15) is 5.11 Å². The topological polar surface area (TPSA) is 24.1 Å². The van der Waals surface area contributed by atoms with Crippen LogP contribution in [0.4, 0.5) is 0 Å². The van der Waals surface area contributed by atoms with Crippen molar-refractivity contribution >= 4 is 0 Å². The van der Waals surface area contributed by atoms with Gasteiger partial charge in [0.1, 0.15) is 7.05 Å². The fourth-order valence-electron chi connectivity index (χ4n) is 2.06. The maximum absolute atomic E-state index is 10.2. The van der Waals surface area contributed by atoms with E-state index in [1.807, 2.05) is 36.1 Å². The van der Waals surface area contributed by atoms with Crippen LogP contribution in [0.15, 0.2) is 24.5 Å². The molecule has 2 rings (SSSR count). The minimum absolute atomic E-state index is 0.533. The number of aryl methyl sites for hydroxylation is 1. The standard InChI is InChI=1S/C11H16NO/c1-12-8-4-10(5-9-12)11(13)6-2-3-7-11/h4-5,8-9,13H,2-3,6-7H2,1H3/q+1. The molecular formula is C11H16NO+. The van der Waals surface area contributed by atoms with Gasteiger partial charge < -0.3 is 5.11 Å². The first-order valence-electron chi connectivity index (χ1n) is 4.89. The summed E-state index contributed by atoms with van der Waals surface area (Å²) in [6.07, 6.45) is 8.12. The molecule has 1 aromatic rings. The van der Waals surface area contributed by atoms with Crippen molar-refractivity contribution in [1.29, 1.82) is 0 Å². The maximum Gasteiger partial charge on any atom is 0.168 e. The van der Waals surface area contributed by atoms with Gasteiger partial charge in [-0.15, -0.1) is 0 Å². The van der Waals surface area contributed by atoms with E-state index in [-0.39, 0.29) is 0 Å². The van der Waals surface area contributed by atoms with Gasteiger partial charge in [-0.25, -0.2) is 4.57 Å². The molecule has 2 nitrogen and oxygen atoms in total. The summed E-state index contributed by atoms with van der Waals surface area (Å²) in [4.78, 5) is 0. The van der Waals surface area contributed by atoms with Crippen molar-refractivity contribution in [2.24, 2.45) is 7.05 Å². The molecule has 1 aliphatic rings. The number of hydrogen-bond acceptors (Lipinski definition) is 1. The van der Waals surface area contributed by atoms with Crippen molar-refractivity contribution in [3.05, 3.63) is 30.1 Å². The molecule has 0 saturated heterocycles. The first kappa shape index (κ1) is 8.70. The summed E-state index contributed by atoms with van der Waals surface area (Å²) in [6.45, 7) is 0. The van der Waals surface area contributed by atoms with Crippen LogP contribution in [0.5, 0.6) is 0 Å². The quantitative estimate of drug-likeness (QED) is 0.643.